The number of benzene rings is 1. The monoisotopic (exact) mass is 144 g/mol. The van der Waals surface area contributed by atoms with Crippen LogP contribution in [0, 0.1) is 11.6 Å². The van der Waals surface area contributed by atoms with Crippen molar-refractivity contribution in [3.05, 3.63) is 35.4 Å². The first-order chi connectivity index (χ1) is 4.75. The maximum Gasteiger partial charge on any atom is 0.134 e. The molecule has 0 aliphatic carbocycles. The van der Waals surface area contributed by atoms with Crippen LogP contribution in [0.5, 0.6) is 0 Å². The first kappa shape index (κ1) is 7.15. The molecule has 0 saturated carbocycles. The minimum absolute atomic E-state index is 0.0579. The Morgan fingerprint density at radius 3 is 2.00 bits per heavy atom. The third-order valence-electron chi connectivity index (χ3n) is 1.31. The van der Waals surface area contributed by atoms with E-state index in [1.54, 1.807) is 0 Å². The van der Waals surface area contributed by atoms with Gasteiger partial charge in [-0.25, -0.2) is 8.78 Å². The molecule has 0 amide bonds. The van der Waals surface area contributed by atoms with Crippen molar-refractivity contribution in [1.29, 1.82) is 0 Å². The molecule has 0 fully saturated rings. The van der Waals surface area contributed by atoms with Crippen LogP contribution in [0.2, 0.25) is 0 Å². The lowest BCUT2D eigenvalue weighted by Gasteiger charge is -1.96. The van der Waals surface area contributed by atoms with Crippen molar-refractivity contribution in [3.8, 4) is 0 Å². The van der Waals surface area contributed by atoms with Crippen molar-refractivity contribution in [2.45, 2.75) is 6.54 Å². The van der Waals surface area contributed by atoms with E-state index in [9.17, 15) is 8.78 Å². The lowest BCUT2D eigenvalue weighted by Crippen LogP contribution is -2.48. The molecule has 0 saturated heterocycles. The predicted octanol–water partition coefficient (Wildman–Crippen LogP) is 0.707. The van der Waals surface area contributed by atoms with Gasteiger partial charge in [-0.1, -0.05) is 6.07 Å². The first-order valence-corrected chi connectivity index (χ1v) is 2.98. The number of quaternary nitrogens is 1. The molecule has 0 aliphatic rings. The van der Waals surface area contributed by atoms with Gasteiger partial charge in [-0.3, -0.25) is 0 Å². The largest absolute Gasteiger partial charge is 0.354 e. The number of hydrogen-bond donors (Lipinski definition) is 1. The molecule has 3 N–H and O–H groups in total. The highest BCUT2D eigenvalue weighted by molar-refractivity contribution is 5.18. The normalized spacial score (nSPS) is 9.90. The Hall–Kier alpha value is -0.960. The minimum atomic E-state index is -0.519. The number of halogens is 2. The van der Waals surface area contributed by atoms with E-state index in [1.165, 1.54) is 18.2 Å². The zero-order valence-corrected chi connectivity index (χ0v) is 5.40. The summed E-state index contributed by atoms with van der Waals surface area (Å²) < 4.78 is 25.1. The van der Waals surface area contributed by atoms with Gasteiger partial charge in [0.1, 0.15) is 18.2 Å². The van der Waals surface area contributed by atoms with Crippen LogP contribution in [0.3, 0.4) is 0 Å². The van der Waals surface area contributed by atoms with Crippen LogP contribution < -0.4 is 5.73 Å². The molecule has 0 radical (unpaired) electrons. The van der Waals surface area contributed by atoms with E-state index in [2.05, 4.69) is 5.73 Å². The van der Waals surface area contributed by atoms with E-state index < -0.39 is 11.6 Å². The summed E-state index contributed by atoms with van der Waals surface area (Å²) in [6, 6.07) is 3.79. The molecule has 54 valence electrons. The SMILES string of the molecule is [NH3+]Cc1c(F)cccc1F. The van der Waals surface area contributed by atoms with Gasteiger partial charge < -0.3 is 5.73 Å². The topological polar surface area (TPSA) is 27.6 Å². The molecule has 0 aliphatic heterocycles. The Morgan fingerprint density at radius 1 is 1.20 bits per heavy atom. The van der Waals surface area contributed by atoms with Crippen LogP contribution in [0.4, 0.5) is 8.78 Å². The van der Waals surface area contributed by atoms with Gasteiger partial charge in [-0.05, 0) is 12.1 Å². The second-order valence-electron chi connectivity index (χ2n) is 1.95. The molecule has 1 aromatic carbocycles. The van der Waals surface area contributed by atoms with E-state index in [0.29, 0.717) is 0 Å². The van der Waals surface area contributed by atoms with Gasteiger partial charge in [0.2, 0.25) is 0 Å². The maximum absolute atomic E-state index is 12.6. The van der Waals surface area contributed by atoms with Crippen molar-refractivity contribution >= 4 is 0 Å². The van der Waals surface area contributed by atoms with Crippen molar-refractivity contribution in [1.82, 2.24) is 0 Å². The van der Waals surface area contributed by atoms with Crippen LogP contribution in [0.15, 0.2) is 18.2 Å². The molecule has 0 heterocycles. The molecule has 1 nitrogen and oxygen atoms in total. The predicted molar refractivity (Wildman–Crippen MR) is 33.0 cm³/mol. The van der Waals surface area contributed by atoms with Crippen molar-refractivity contribution in [3.63, 3.8) is 0 Å². The van der Waals surface area contributed by atoms with E-state index >= 15 is 0 Å². The fourth-order valence-corrected chi connectivity index (χ4v) is 0.771. The van der Waals surface area contributed by atoms with E-state index in [-0.39, 0.29) is 12.1 Å². The van der Waals surface area contributed by atoms with Crippen molar-refractivity contribution in [2.24, 2.45) is 0 Å². The quantitative estimate of drug-likeness (QED) is 0.601. The van der Waals surface area contributed by atoms with Crippen LogP contribution in [0.25, 0.3) is 0 Å². The minimum Gasteiger partial charge on any atom is -0.354 e. The average Bonchev–Trinajstić information content (AvgIpc) is 1.88. The Kier molecular flexibility index (Phi) is 1.97. The second-order valence-corrected chi connectivity index (χ2v) is 1.95. The molecule has 1 aromatic rings. The van der Waals surface area contributed by atoms with Gasteiger partial charge in [-0.2, -0.15) is 0 Å². The first-order valence-electron chi connectivity index (χ1n) is 2.98. The van der Waals surface area contributed by atoms with Gasteiger partial charge >= 0.3 is 0 Å². The molecular formula is C7H8F2N+. The third-order valence-corrected chi connectivity index (χ3v) is 1.31. The summed E-state index contributed by atoms with van der Waals surface area (Å²) in [4.78, 5) is 0. The standard InChI is InChI=1S/C7H7F2N/c8-6-2-1-3-7(9)5(6)4-10/h1-3H,4,10H2/p+1. The van der Waals surface area contributed by atoms with E-state index in [1.807, 2.05) is 0 Å². The Labute approximate surface area is 57.5 Å². The Balaban J connectivity index is 3.17. The zero-order chi connectivity index (χ0) is 7.56. The van der Waals surface area contributed by atoms with Gasteiger partial charge in [-0.15, -0.1) is 0 Å². The van der Waals surface area contributed by atoms with Crippen LogP contribution >= 0.6 is 0 Å². The lowest BCUT2D eigenvalue weighted by atomic mass is 10.2. The highest BCUT2D eigenvalue weighted by atomic mass is 19.1. The van der Waals surface area contributed by atoms with Crippen LogP contribution in [0.1, 0.15) is 5.56 Å². The average molecular weight is 144 g/mol. The van der Waals surface area contributed by atoms with Gasteiger partial charge in [0, 0.05) is 0 Å². The fraction of sp³-hybridized carbons (Fsp3) is 0.143. The molecule has 0 atom stereocenters. The second kappa shape index (κ2) is 2.75. The highest BCUT2D eigenvalue weighted by Crippen LogP contribution is 2.09. The molecule has 0 bridgehead atoms. The molecule has 0 unspecified atom stereocenters. The fourth-order valence-electron chi connectivity index (χ4n) is 0.771. The molecule has 1 rings (SSSR count). The summed E-state index contributed by atoms with van der Waals surface area (Å²) >= 11 is 0. The van der Waals surface area contributed by atoms with E-state index in [4.69, 9.17) is 0 Å². The van der Waals surface area contributed by atoms with E-state index in [0.717, 1.165) is 0 Å². The van der Waals surface area contributed by atoms with Gasteiger partial charge in [0.25, 0.3) is 0 Å². The summed E-state index contributed by atoms with van der Waals surface area (Å²) in [6.45, 7) is 0.151. The molecule has 0 spiro atoms. The molecule has 3 heteroatoms. The molecule has 0 aromatic heterocycles. The molecular weight excluding hydrogens is 136 g/mol. The van der Waals surface area contributed by atoms with Crippen molar-refractivity contribution < 1.29 is 14.5 Å². The third kappa shape index (κ3) is 1.14. The van der Waals surface area contributed by atoms with Crippen LogP contribution in [-0.4, -0.2) is 0 Å². The van der Waals surface area contributed by atoms with Crippen LogP contribution in [-0.2, 0) is 6.54 Å². The summed E-state index contributed by atoms with van der Waals surface area (Å²) in [5.41, 5.74) is 3.46. The Bertz CT molecular complexity index is 215. The summed E-state index contributed by atoms with van der Waals surface area (Å²) in [7, 11) is 0. The number of hydrogen-bond acceptors (Lipinski definition) is 0. The number of rotatable bonds is 1. The lowest BCUT2D eigenvalue weighted by molar-refractivity contribution is -0.387. The summed E-state index contributed by atoms with van der Waals surface area (Å²) in [5, 5.41) is 0. The molecule has 10 heavy (non-hydrogen) atoms. The summed E-state index contributed by atoms with van der Waals surface area (Å²) in [5.74, 6) is -1.04. The van der Waals surface area contributed by atoms with Gasteiger partial charge in [0.05, 0.1) is 5.56 Å². The smallest absolute Gasteiger partial charge is 0.134 e. The highest BCUT2D eigenvalue weighted by Gasteiger charge is 2.06. The maximum atomic E-state index is 12.6. The van der Waals surface area contributed by atoms with Gasteiger partial charge in [0.15, 0.2) is 0 Å². The zero-order valence-electron chi connectivity index (χ0n) is 5.40. The van der Waals surface area contributed by atoms with Crippen molar-refractivity contribution in [2.75, 3.05) is 0 Å². The Morgan fingerprint density at radius 2 is 1.70 bits per heavy atom. The summed E-state index contributed by atoms with van der Waals surface area (Å²) in [6.07, 6.45) is 0.